The molecule has 0 atom stereocenters. The highest BCUT2D eigenvalue weighted by Gasteiger charge is 2.22. The molecule has 0 aromatic carbocycles. The predicted octanol–water partition coefficient (Wildman–Crippen LogP) is 2.24. The Hall–Kier alpha value is -2.08. The first kappa shape index (κ1) is 17.7. The molecule has 0 spiro atoms. The number of nitrogens with zero attached hydrogens (tertiary/aromatic N) is 5. The van der Waals surface area contributed by atoms with Crippen LogP contribution in [-0.2, 0) is 18.5 Å². The first-order valence-corrected chi connectivity index (χ1v) is 8.97. The lowest BCUT2D eigenvalue weighted by Crippen LogP contribution is -2.37. The van der Waals surface area contributed by atoms with E-state index in [2.05, 4.69) is 40.7 Å². The average molecular weight is 341 g/mol. The van der Waals surface area contributed by atoms with Crippen molar-refractivity contribution in [2.45, 2.75) is 52.1 Å². The number of aromatic nitrogens is 4. The van der Waals surface area contributed by atoms with Crippen LogP contribution in [0.15, 0.2) is 35.6 Å². The highest BCUT2D eigenvalue weighted by atomic mass is 16.1. The van der Waals surface area contributed by atoms with Crippen LogP contribution in [0.1, 0.15) is 44.9 Å². The van der Waals surface area contributed by atoms with Gasteiger partial charge in [-0.2, -0.15) is 5.10 Å². The molecule has 1 aliphatic rings. The molecular formula is C19H27N5O. The summed E-state index contributed by atoms with van der Waals surface area (Å²) in [5.74, 6) is 0.503. The number of hydrogen-bond acceptors (Lipinski definition) is 5. The normalized spacial score (nSPS) is 16.9. The van der Waals surface area contributed by atoms with Gasteiger partial charge in [-0.15, -0.1) is 0 Å². The van der Waals surface area contributed by atoms with Gasteiger partial charge in [0, 0.05) is 42.5 Å². The van der Waals surface area contributed by atoms with E-state index in [1.165, 1.54) is 0 Å². The van der Waals surface area contributed by atoms with Crippen molar-refractivity contribution in [3.8, 4) is 0 Å². The summed E-state index contributed by atoms with van der Waals surface area (Å²) in [6, 6.07) is 3.50. The Bertz CT molecular complexity index is 742. The van der Waals surface area contributed by atoms with Crippen LogP contribution in [0.25, 0.3) is 0 Å². The molecule has 1 fully saturated rings. The second-order valence-electron chi connectivity index (χ2n) is 7.96. The lowest BCUT2D eigenvalue weighted by molar-refractivity contribution is 0.163. The lowest BCUT2D eigenvalue weighted by Gasteiger charge is -2.32. The van der Waals surface area contributed by atoms with Crippen molar-refractivity contribution >= 4 is 0 Å². The van der Waals surface area contributed by atoms with Crippen LogP contribution in [0.3, 0.4) is 0 Å². The molecule has 6 nitrogen and oxygen atoms in total. The second-order valence-corrected chi connectivity index (χ2v) is 7.96. The molecule has 1 aliphatic heterocycles. The van der Waals surface area contributed by atoms with Crippen molar-refractivity contribution in [3.05, 3.63) is 52.5 Å². The minimum Gasteiger partial charge on any atom is -0.299 e. The predicted molar refractivity (Wildman–Crippen MR) is 97.2 cm³/mol. The van der Waals surface area contributed by atoms with E-state index in [9.17, 15) is 4.79 Å². The summed E-state index contributed by atoms with van der Waals surface area (Å²) in [5, 5.41) is 4.60. The molecule has 0 saturated carbocycles. The van der Waals surface area contributed by atoms with E-state index in [0.29, 0.717) is 12.5 Å². The first-order chi connectivity index (χ1) is 11.9. The molecule has 2 aromatic heterocycles. The third kappa shape index (κ3) is 4.72. The van der Waals surface area contributed by atoms with E-state index >= 15 is 0 Å². The molecule has 25 heavy (non-hydrogen) atoms. The minimum atomic E-state index is -0.0451. The fraction of sp³-hybridized carbons (Fsp3) is 0.579. The number of hydrogen-bond donors (Lipinski definition) is 0. The van der Waals surface area contributed by atoms with Crippen molar-refractivity contribution in [1.29, 1.82) is 0 Å². The molecule has 1 saturated heterocycles. The van der Waals surface area contributed by atoms with Crippen molar-refractivity contribution in [2.24, 2.45) is 5.92 Å². The zero-order valence-electron chi connectivity index (χ0n) is 15.4. The fourth-order valence-corrected chi connectivity index (χ4v) is 3.22. The smallest absolute Gasteiger partial charge is 0.266 e. The summed E-state index contributed by atoms with van der Waals surface area (Å²) in [6.07, 6.45) is 7.48. The third-order valence-electron chi connectivity index (χ3n) is 4.79. The Balaban J connectivity index is 1.58. The van der Waals surface area contributed by atoms with Gasteiger partial charge in [0.25, 0.3) is 5.56 Å². The molecule has 0 aliphatic carbocycles. The lowest BCUT2D eigenvalue weighted by atomic mass is 9.92. The summed E-state index contributed by atoms with van der Waals surface area (Å²) in [6.45, 7) is 10.0. The summed E-state index contributed by atoms with van der Waals surface area (Å²) in [4.78, 5) is 22.7. The van der Waals surface area contributed by atoms with Crippen LogP contribution < -0.4 is 5.56 Å². The van der Waals surface area contributed by atoms with E-state index in [4.69, 9.17) is 0 Å². The van der Waals surface area contributed by atoms with Crippen LogP contribution in [0.5, 0.6) is 0 Å². The van der Waals surface area contributed by atoms with Gasteiger partial charge < -0.3 is 0 Å². The van der Waals surface area contributed by atoms with Crippen molar-refractivity contribution in [1.82, 2.24) is 24.6 Å². The van der Waals surface area contributed by atoms with Gasteiger partial charge in [-0.1, -0.05) is 20.8 Å². The quantitative estimate of drug-likeness (QED) is 0.853. The van der Waals surface area contributed by atoms with Gasteiger partial charge in [0.05, 0.1) is 5.69 Å². The van der Waals surface area contributed by atoms with Gasteiger partial charge in [-0.05, 0) is 37.9 Å². The molecule has 0 amide bonds. The molecule has 0 radical (unpaired) electrons. The molecule has 2 aromatic rings. The van der Waals surface area contributed by atoms with Crippen LogP contribution in [0.4, 0.5) is 0 Å². The van der Waals surface area contributed by atoms with Gasteiger partial charge in [0.15, 0.2) is 0 Å². The summed E-state index contributed by atoms with van der Waals surface area (Å²) in [7, 11) is 0. The Morgan fingerprint density at radius 1 is 1.12 bits per heavy atom. The Morgan fingerprint density at radius 3 is 2.44 bits per heavy atom. The van der Waals surface area contributed by atoms with Crippen molar-refractivity contribution < 1.29 is 0 Å². The molecular weight excluding hydrogens is 314 g/mol. The van der Waals surface area contributed by atoms with Crippen LogP contribution in [0.2, 0.25) is 0 Å². The monoisotopic (exact) mass is 341 g/mol. The maximum absolute atomic E-state index is 12.2. The second kappa shape index (κ2) is 7.44. The van der Waals surface area contributed by atoms with Gasteiger partial charge >= 0.3 is 0 Å². The third-order valence-corrected chi connectivity index (χ3v) is 4.79. The molecule has 0 unspecified atom stereocenters. The van der Waals surface area contributed by atoms with Gasteiger partial charge in [-0.25, -0.2) is 14.6 Å². The highest BCUT2D eigenvalue weighted by Crippen LogP contribution is 2.21. The van der Waals surface area contributed by atoms with E-state index in [0.717, 1.165) is 43.7 Å². The van der Waals surface area contributed by atoms with Crippen LogP contribution in [-0.4, -0.2) is 37.7 Å². The standard InChI is InChI=1S/C19H27N5O/c1-19(2,3)17-4-5-18(25)24(22-17)13-15-6-8-23(9-7-15)12-16-10-20-14-21-11-16/h4-5,10-11,14-15H,6-9,12-13H2,1-3H3. The zero-order chi connectivity index (χ0) is 17.9. The van der Waals surface area contributed by atoms with Gasteiger partial charge in [-0.3, -0.25) is 9.69 Å². The summed E-state index contributed by atoms with van der Waals surface area (Å²) < 4.78 is 1.66. The molecule has 0 N–H and O–H groups in total. The van der Waals surface area contributed by atoms with E-state index in [-0.39, 0.29) is 11.0 Å². The number of likely N-dealkylation sites (tertiary alicyclic amines) is 1. The number of rotatable bonds is 4. The fourth-order valence-electron chi connectivity index (χ4n) is 3.22. The topological polar surface area (TPSA) is 63.9 Å². The summed E-state index contributed by atoms with van der Waals surface area (Å²) in [5.41, 5.74) is 2.07. The number of piperidine rings is 1. The molecule has 0 bridgehead atoms. The van der Waals surface area contributed by atoms with Crippen LogP contribution >= 0.6 is 0 Å². The van der Waals surface area contributed by atoms with Crippen molar-refractivity contribution in [3.63, 3.8) is 0 Å². The van der Waals surface area contributed by atoms with E-state index in [1.54, 1.807) is 17.1 Å². The highest BCUT2D eigenvalue weighted by molar-refractivity contribution is 5.10. The Morgan fingerprint density at radius 2 is 1.80 bits per heavy atom. The molecule has 3 rings (SSSR count). The zero-order valence-corrected chi connectivity index (χ0v) is 15.4. The Labute approximate surface area is 148 Å². The van der Waals surface area contributed by atoms with E-state index in [1.807, 2.05) is 18.5 Å². The Kier molecular flexibility index (Phi) is 5.27. The van der Waals surface area contributed by atoms with Crippen molar-refractivity contribution in [2.75, 3.05) is 13.1 Å². The molecule has 134 valence electrons. The van der Waals surface area contributed by atoms with Gasteiger partial charge in [0.1, 0.15) is 6.33 Å². The van der Waals surface area contributed by atoms with Gasteiger partial charge in [0.2, 0.25) is 0 Å². The van der Waals surface area contributed by atoms with Crippen LogP contribution in [0, 0.1) is 5.92 Å². The summed E-state index contributed by atoms with van der Waals surface area (Å²) >= 11 is 0. The maximum Gasteiger partial charge on any atom is 0.266 e. The van der Waals surface area contributed by atoms with E-state index < -0.39 is 0 Å². The largest absolute Gasteiger partial charge is 0.299 e. The first-order valence-electron chi connectivity index (χ1n) is 8.97. The minimum absolute atomic E-state index is 0.00290. The SMILES string of the molecule is CC(C)(C)c1ccc(=O)n(CC2CCN(Cc3cncnc3)CC2)n1. The molecule has 3 heterocycles. The maximum atomic E-state index is 12.2. The average Bonchev–Trinajstić information content (AvgIpc) is 2.58. The molecule has 6 heteroatoms.